The zero-order valence-corrected chi connectivity index (χ0v) is 13.7. The number of benzene rings is 1. The SMILES string of the molecule is O=C(Nc1cnn(Cc2ccccc2)c1)c1cc(-c2ccncc2)on1. The van der Waals surface area contributed by atoms with Crippen LogP contribution in [0, 0.1) is 0 Å². The average Bonchev–Trinajstić information content (AvgIpc) is 3.33. The second kappa shape index (κ2) is 7.02. The molecule has 0 bridgehead atoms. The van der Waals surface area contributed by atoms with E-state index in [4.69, 9.17) is 4.52 Å². The van der Waals surface area contributed by atoms with Gasteiger partial charge in [-0.05, 0) is 17.7 Å². The van der Waals surface area contributed by atoms with Gasteiger partial charge in [0.05, 0.1) is 18.4 Å². The fraction of sp³-hybridized carbons (Fsp3) is 0.0526. The predicted molar refractivity (Wildman–Crippen MR) is 95.5 cm³/mol. The number of rotatable bonds is 5. The molecule has 0 spiro atoms. The Morgan fingerprint density at radius 1 is 1.12 bits per heavy atom. The van der Waals surface area contributed by atoms with E-state index in [1.54, 1.807) is 47.7 Å². The normalized spacial score (nSPS) is 10.6. The molecule has 0 aliphatic rings. The van der Waals surface area contributed by atoms with E-state index in [0.29, 0.717) is 18.0 Å². The molecule has 0 saturated carbocycles. The molecule has 1 amide bonds. The van der Waals surface area contributed by atoms with E-state index >= 15 is 0 Å². The van der Waals surface area contributed by atoms with Crippen LogP contribution in [0.5, 0.6) is 0 Å². The Labute approximate surface area is 149 Å². The highest BCUT2D eigenvalue weighted by molar-refractivity contribution is 6.03. The summed E-state index contributed by atoms with van der Waals surface area (Å²) in [7, 11) is 0. The van der Waals surface area contributed by atoms with Gasteiger partial charge in [-0.25, -0.2) is 0 Å². The summed E-state index contributed by atoms with van der Waals surface area (Å²) in [6.07, 6.45) is 6.68. The zero-order valence-electron chi connectivity index (χ0n) is 13.7. The molecule has 0 atom stereocenters. The van der Waals surface area contributed by atoms with E-state index < -0.39 is 0 Å². The molecular formula is C19H15N5O2. The summed E-state index contributed by atoms with van der Waals surface area (Å²) in [5.74, 6) is 0.158. The zero-order chi connectivity index (χ0) is 17.8. The summed E-state index contributed by atoms with van der Waals surface area (Å²) in [6, 6.07) is 15.1. The highest BCUT2D eigenvalue weighted by atomic mass is 16.5. The van der Waals surface area contributed by atoms with E-state index in [-0.39, 0.29) is 11.6 Å². The summed E-state index contributed by atoms with van der Waals surface area (Å²) in [4.78, 5) is 16.3. The van der Waals surface area contributed by atoms with Crippen LogP contribution in [-0.2, 0) is 6.54 Å². The maximum Gasteiger partial charge on any atom is 0.277 e. The van der Waals surface area contributed by atoms with Crippen molar-refractivity contribution >= 4 is 11.6 Å². The molecule has 1 aromatic carbocycles. The van der Waals surface area contributed by atoms with Crippen molar-refractivity contribution in [1.82, 2.24) is 19.9 Å². The van der Waals surface area contributed by atoms with Crippen molar-refractivity contribution in [2.24, 2.45) is 0 Å². The highest BCUT2D eigenvalue weighted by Crippen LogP contribution is 2.19. The Morgan fingerprint density at radius 3 is 2.73 bits per heavy atom. The predicted octanol–water partition coefficient (Wildman–Crippen LogP) is 3.23. The summed E-state index contributed by atoms with van der Waals surface area (Å²) in [5.41, 5.74) is 2.74. The van der Waals surface area contributed by atoms with Crippen molar-refractivity contribution in [3.8, 4) is 11.3 Å². The Morgan fingerprint density at radius 2 is 1.92 bits per heavy atom. The fourth-order valence-corrected chi connectivity index (χ4v) is 2.51. The van der Waals surface area contributed by atoms with Crippen molar-refractivity contribution < 1.29 is 9.32 Å². The van der Waals surface area contributed by atoms with Gasteiger partial charge in [0.1, 0.15) is 0 Å². The van der Waals surface area contributed by atoms with Gasteiger partial charge in [-0.15, -0.1) is 0 Å². The number of nitrogens with zero attached hydrogens (tertiary/aromatic N) is 4. The number of amides is 1. The molecule has 7 heteroatoms. The van der Waals surface area contributed by atoms with Crippen LogP contribution < -0.4 is 5.32 Å². The monoisotopic (exact) mass is 345 g/mol. The molecule has 4 aromatic rings. The Kier molecular flexibility index (Phi) is 4.26. The van der Waals surface area contributed by atoms with Crippen LogP contribution in [0.3, 0.4) is 0 Å². The molecule has 1 N–H and O–H groups in total. The van der Waals surface area contributed by atoms with Gasteiger partial charge in [-0.3, -0.25) is 14.5 Å². The van der Waals surface area contributed by atoms with Crippen LogP contribution in [0.15, 0.2) is 77.8 Å². The number of carbonyl (C=O) groups excluding carboxylic acids is 1. The molecule has 0 saturated heterocycles. The van der Waals surface area contributed by atoms with Crippen LogP contribution in [0.1, 0.15) is 16.1 Å². The quantitative estimate of drug-likeness (QED) is 0.600. The Balaban J connectivity index is 1.43. The molecule has 7 nitrogen and oxygen atoms in total. The first kappa shape index (κ1) is 15.8. The number of hydrogen-bond acceptors (Lipinski definition) is 5. The van der Waals surface area contributed by atoms with Crippen LogP contribution >= 0.6 is 0 Å². The average molecular weight is 345 g/mol. The van der Waals surface area contributed by atoms with Gasteiger partial charge in [0, 0.05) is 30.2 Å². The lowest BCUT2D eigenvalue weighted by Crippen LogP contribution is -2.11. The third-order valence-corrected chi connectivity index (χ3v) is 3.79. The smallest absolute Gasteiger partial charge is 0.277 e. The molecule has 128 valence electrons. The van der Waals surface area contributed by atoms with Crippen molar-refractivity contribution in [2.45, 2.75) is 6.54 Å². The number of aromatic nitrogens is 4. The number of carbonyl (C=O) groups is 1. The summed E-state index contributed by atoms with van der Waals surface area (Å²) >= 11 is 0. The van der Waals surface area contributed by atoms with Crippen molar-refractivity contribution in [2.75, 3.05) is 5.32 Å². The first-order valence-electron chi connectivity index (χ1n) is 8.03. The number of anilines is 1. The van der Waals surface area contributed by atoms with Crippen molar-refractivity contribution in [1.29, 1.82) is 0 Å². The maximum absolute atomic E-state index is 12.3. The standard InChI is InChI=1S/C19H15N5O2/c25-19(17-10-18(26-23-17)15-6-8-20-9-7-15)22-16-11-21-24(13-16)12-14-4-2-1-3-5-14/h1-11,13H,12H2,(H,22,25). The van der Waals surface area contributed by atoms with E-state index in [2.05, 4.69) is 20.6 Å². The van der Waals surface area contributed by atoms with Crippen molar-refractivity contribution in [3.05, 3.63) is 84.6 Å². The summed E-state index contributed by atoms with van der Waals surface area (Å²) in [6.45, 7) is 0.632. The molecule has 3 aromatic heterocycles. The largest absolute Gasteiger partial charge is 0.355 e. The van der Waals surface area contributed by atoms with Gasteiger partial charge in [-0.2, -0.15) is 5.10 Å². The third-order valence-electron chi connectivity index (χ3n) is 3.79. The van der Waals surface area contributed by atoms with Crippen molar-refractivity contribution in [3.63, 3.8) is 0 Å². The van der Waals surface area contributed by atoms with Crippen LogP contribution in [0.25, 0.3) is 11.3 Å². The summed E-state index contributed by atoms with van der Waals surface area (Å²) in [5, 5.41) is 10.9. The molecule has 0 fully saturated rings. The molecule has 0 aliphatic heterocycles. The van der Waals surface area contributed by atoms with Crippen LogP contribution in [-0.4, -0.2) is 25.8 Å². The third kappa shape index (κ3) is 3.51. The van der Waals surface area contributed by atoms with Crippen LogP contribution in [0.4, 0.5) is 5.69 Å². The molecule has 0 aliphatic carbocycles. The second-order valence-electron chi connectivity index (χ2n) is 5.68. The molecule has 4 rings (SSSR count). The number of pyridine rings is 1. The van der Waals surface area contributed by atoms with E-state index in [1.165, 1.54) is 0 Å². The number of nitrogens with one attached hydrogen (secondary N) is 1. The maximum atomic E-state index is 12.3. The first-order chi connectivity index (χ1) is 12.8. The second-order valence-corrected chi connectivity index (χ2v) is 5.68. The molecule has 3 heterocycles. The van der Waals surface area contributed by atoms with E-state index in [9.17, 15) is 4.79 Å². The Bertz CT molecular complexity index is 1010. The van der Waals surface area contributed by atoms with Gasteiger partial charge >= 0.3 is 0 Å². The van der Waals surface area contributed by atoms with E-state index in [0.717, 1.165) is 11.1 Å². The minimum atomic E-state index is -0.353. The lowest BCUT2D eigenvalue weighted by atomic mass is 10.2. The molecular weight excluding hydrogens is 330 g/mol. The summed E-state index contributed by atoms with van der Waals surface area (Å²) < 4.78 is 6.99. The van der Waals surface area contributed by atoms with Gasteiger partial charge in [0.25, 0.3) is 5.91 Å². The number of hydrogen-bond donors (Lipinski definition) is 1. The van der Waals surface area contributed by atoms with Gasteiger partial charge in [0.15, 0.2) is 11.5 Å². The Hall–Kier alpha value is -3.74. The van der Waals surface area contributed by atoms with E-state index in [1.807, 2.05) is 30.3 Å². The highest BCUT2D eigenvalue weighted by Gasteiger charge is 2.14. The minimum Gasteiger partial charge on any atom is -0.355 e. The van der Waals surface area contributed by atoms with Crippen LogP contribution in [0.2, 0.25) is 0 Å². The molecule has 0 radical (unpaired) electrons. The topological polar surface area (TPSA) is 85.8 Å². The van der Waals surface area contributed by atoms with Gasteiger partial charge in [-0.1, -0.05) is 35.5 Å². The lowest BCUT2D eigenvalue weighted by Gasteiger charge is -2.01. The molecule has 0 unspecified atom stereocenters. The molecule has 26 heavy (non-hydrogen) atoms. The fourth-order valence-electron chi connectivity index (χ4n) is 2.51. The minimum absolute atomic E-state index is 0.202. The van der Waals surface area contributed by atoms with Gasteiger partial charge < -0.3 is 9.84 Å². The van der Waals surface area contributed by atoms with Gasteiger partial charge in [0.2, 0.25) is 0 Å². The lowest BCUT2D eigenvalue weighted by molar-refractivity contribution is 0.101. The first-order valence-corrected chi connectivity index (χ1v) is 8.03.